The van der Waals surface area contributed by atoms with E-state index in [1.54, 1.807) is 0 Å². The Labute approximate surface area is 73.7 Å². The Morgan fingerprint density at radius 2 is 2.25 bits per heavy atom. The van der Waals surface area contributed by atoms with Gasteiger partial charge in [0.05, 0.1) is 5.92 Å². The SMILES string of the molecule is CC1=C[C@@H]2C#CC(C)CC2=C=C1. The van der Waals surface area contributed by atoms with Gasteiger partial charge in [0.15, 0.2) is 0 Å². The van der Waals surface area contributed by atoms with Crippen molar-refractivity contribution in [2.75, 3.05) is 0 Å². The molecular weight excluding hydrogens is 144 g/mol. The molecule has 0 radical (unpaired) electrons. The summed E-state index contributed by atoms with van der Waals surface area (Å²) in [5, 5.41) is 0. The fraction of sp³-hybridized carbons (Fsp3) is 0.417. The third kappa shape index (κ3) is 1.24. The Bertz CT molecular complexity index is 351. The summed E-state index contributed by atoms with van der Waals surface area (Å²) in [5.74, 6) is 7.37. The molecule has 0 aromatic carbocycles. The maximum atomic E-state index is 3.32. The lowest BCUT2D eigenvalue weighted by Crippen LogP contribution is -2.09. The monoisotopic (exact) mass is 156 g/mol. The number of hydrogen-bond acceptors (Lipinski definition) is 0. The molecule has 0 fully saturated rings. The fourth-order valence-electron chi connectivity index (χ4n) is 1.64. The molecule has 12 heavy (non-hydrogen) atoms. The summed E-state index contributed by atoms with van der Waals surface area (Å²) in [4.78, 5) is 0. The van der Waals surface area contributed by atoms with E-state index in [9.17, 15) is 0 Å². The molecule has 0 nitrogen and oxygen atoms in total. The molecule has 0 saturated heterocycles. The maximum Gasteiger partial charge on any atom is 0.0673 e. The third-order valence-electron chi connectivity index (χ3n) is 2.30. The summed E-state index contributed by atoms with van der Waals surface area (Å²) in [6, 6.07) is 0. The van der Waals surface area contributed by atoms with Crippen molar-refractivity contribution in [1.29, 1.82) is 0 Å². The smallest absolute Gasteiger partial charge is 0.0673 e. The van der Waals surface area contributed by atoms with Crippen molar-refractivity contribution in [3.05, 3.63) is 29.0 Å². The van der Waals surface area contributed by atoms with Crippen LogP contribution in [-0.4, -0.2) is 0 Å². The predicted molar refractivity (Wildman–Crippen MR) is 50.4 cm³/mol. The first-order valence-corrected chi connectivity index (χ1v) is 4.40. The van der Waals surface area contributed by atoms with Crippen LogP contribution in [0.4, 0.5) is 0 Å². The number of rotatable bonds is 0. The minimum absolute atomic E-state index is 0.367. The highest BCUT2D eigenvalue weighted by Gasteiger charge is 2.17. The van der Waals surface area contributed by atoms with Gasteiger partial charge in [-0.3, -0.25) is 0 Å². The second kappa shape index (κ2) is 2.70. The van der Waals surface area contributed by atoms with Gasteiger partial charge in [-0.15, -0.1) is 5.73 Å². The normalized spacial score (nSPS) is 31.2. The van der Waals surface area contributed by atoms with Gasteiger partial charge in [-0.25, -0.2) is 0 Å². The van der Waals surface area contributed by atoms with Gasteiger partial charge in [0.2, 0.25) is 0 Å². The van der Waals surface area contributed by atoms with E-state index >= 15 is 0 Å². The lowest BCUT2D eigenvalue weighted by molar-refractivity contribution is 0.682. The Balaban J connectivity index is 2.41. The molecule has 0 aromatic heterocycles. The molecule has 1 unspecified atom stereocenters. The van der Waals surface area contributed by atoms with Crippen molar-refractivity contribution in [3.8, 4) is 11.8 Å². The summed E-state index contributed by atoms with van der Waals surface area (Å²) >= 11 is 0. The topological polar surface area (TPSA) is 0 Å². The molecule has 0 heterocycles. The lowest BCUT2D eigenvalue weighted by Gasteiger charge is -2.18. The molecular formula is C12H12. The van der Waals surface area contributed by atoms with E-state index in [0.717, 1.165) is 6.42 Å². The van der Waals surface area contributed by atoms with E-state index in [0.29, 0.717) is 11.8 Å². The highest BCUT2D eigenvalue weighted by atomic mass is 14.2. The first-order valence-electron chi connectivity index (χ1n) is 4.40. The van der Waals surface area contributed by atoms with Crippen LogP contribution in [0.5, 0.6) is 0 Å². The van der Waals surface area contributed by atoms with E-state index in [1.807, 2.05) is 0 Å². The van der Waals surface area contributed by atoms with E-state index < -0.39 is 0 Å². The summed E-state index contributed by atoms with van der Waals surface area (Å²) in [6.45, 7) is 4.27. The van der Waals surface area contributed by atoms with Gasteiger partial charge < -0.3 is 0 Å². The molecule has 0 spiro atoms. The average molecular weight is 156 g/mol. The molecule has 0 heteroatoms. The number of allylic oxidation sites excluding steroid dienone is 3. The molecule has 0 aromatic rings. The summed E-state index contributed by atoms with van der Waals surface area (Å²) in [5.41, 5.74) is 5.97. The first-order chi connectivity index (χ1) is 5.75. The second-order valence-electron chi connectivity index (χ2n) is 3.60. The van der Waals surface area contributed by atoms with Crippen molar-refractivity contribution >= 4 is 0 Å². The molecule has 0 amide bonds. The Morgan fingerprint density at radius 1 is 1.42 bits per heavy atom. The van der Waals surface area contributed by atoms with Crippen LogP contribution < -0.4 is 0 Å². The Kier molecular flexibility index (Phi) is 1.68. The number of hydrogen-bond donors (Lipinski definition) is 0. The van der Waals surface area contributed by atoms with E-state index in [1.165, 1.54) is 11.1 Å². The van der Waals surface area contributed by atoms with Crippen molar-refractivity contribution < 1.29 is 0 Å². The minimum Gasteiger partial charge on any atom is -0.120 e. The maximum absolute atomic E-state index is 3.32. The lowest BCUT2D eigenvalue weighted by atomic mass is 9.84. The molecule has 60 valence electrons. The minimum atomic E-state index is 0.367. The third-order valence-corrected chi connectivity index (χ3v) is 2.30. The first kappa shape index (κ1) is 7.47. The van der Waals surface area contributed by atoms with Crippen LogP contribution in [0.15, 0.2) is 29.0 Å². The molecule has 0 N–H and O–H groups in total. The molecule has 2 aliphatic rings. The van der Waals surface area contributed by atoms with Crippen LogP contribution in [-0.2, 0) is 0 Å². The van der Waals surface area contributed by atoms with E-state index in [2.05, 4.69) is 43.6 Å². The highest BCUT2D eigenvalue weighted by Crippen LogP contribution is 2.27. The highest BCUT2D eigenvalue weighted by molar-refractivity contribution is 5.38. The average Bonchev–Trinajstić information content (AvgIpc) is 2.05. The summed E-state index contributed by atoms with van der Waals surface area (Å²) in [6.07, 6.45) is 5.38. The second-order valence-corrected chi connectivity index (χ2v) is 3.60. The standard InChI is InChI=1S/C12H12/c1-9-3-5-12-8-10(2)4-6-11(12)7-9/h3,7,10-11H,8H2,1-2H3/t10?,11-/m0/s1. The van der Waals surface area contributed by atoms with Crippen LogP contribution in [0, 0.1) is 23.7 Å². The van der Waals surface area contributed by atoms with E-state index in [4.69, 9.17) is 0 Å². The number of fused-ring (bicyclic) bond motifs is 1. The van der Waals surface area contributed by atoms with Crippen molar-refractivity contribution in [2.45, 2.75) is 20.3 Å². The zero-order chi connectivity index (χ0) is 8.55. The van der Waals surface area contributed by atoms with Gasteiger partial charge in [0, 0.05) is 5.92 Å². The molecule has 2 rings (SSSR count). The van der Waals surface area contributed by atoms with Crippen LogP contribution >= 0.6 is 0 Å². The summed E-state index contributed by atoms with van der Waals surface area (Å²) < 4.78 is 0. The molecule has 0 saturated carbocycles. The van der Waals surface area contributed by atoms with Crippen molar-refractivity contribution in [2.24, 2.45) is 11.8 Å². The van der Waals surface area contributed by atoms with Gasteiger partial charge in [-0.2, -0.15) is 0 Å². The molecule has 2 aliphatic carbocycles. The van der Waals surface area contributed by atoms with Gasteiger partial charge >= 0.3 is 0 Å². The largest absolute Gasteiger partial charge is 0.120 e. The zero-order valence-electron chi connectivity index (χ0n) is 7.52. The van der Waals surface area contributed by atoms with E-state index in [-0.39, 0.29) is 0 Å². The quantitative estimate of drug-likeness (QED) is 0.373. The van der Waals surface area contributed by atoms with Crippen LogP contribution in [0.3, 0.4) is 0 Å². The predicted octanol–water partition coefficient (Wildman–Crippen LogP) is 2.69. The zero-order valence-corrected chi connectivity index (χ0v) is 7.52. The molecule has 0 bridgehead atoms. The van der Waals surface area contributed by atoms with Gasteiger partial charge in [0.1, 0.15) is 0 Å². The fourth-order valence-corrected chi connectivity index (χ4v) is 1.64. The van der Waals surface area contributed by atoms with Crippen molar-refractivity contribution in [1.82, 2.24) is 0 Å². The molecule has 2 atom stereocenters. The van der Waals surface area contributed by atoms with Crippen molar-refractivity contribution in [3.63, 3.8) is 0 Å². The Hall–Kier alpha value is -1.18. The summed E-state index contributed by atoms with van der Waals surface area (Å²) in [7, 11) is 0. The van der Waals surface area contributed by atoms with Crippen LogP contribution in [0.2, 0.25) is 0 Å². The molecule has 0 aliphatic heterocycles. The van der Waals surface area contributed by atoms with Gasteiger partial charge in [-0.1, -0.05) is 24.8 Å². The van der Waals surface area contributed by atoms with Gasteiger partial charge in [0.25, 0.3) is 0 Å². The van der Waals surface area contributed by atoms with Gasteiger partial charge in [-0.05, 0) is 30.6 Å². The van der Waals surface area contributed by atoms with Crippen LogP contribution in [0.1, 0.15) is 20.3 Å². The Morgan fingerprint density at radius 3 is 3.08 bits per heavy atom. The van der Waals surface area contributed by atoms with Crippen LogP contribution in [0.25, 0.3) is 0 Å².